The van der Waals surface area contributed by atoms with Crippen molar-refractivity contribution in [2.24, 2.45) is 0 Å². The molecule has 4 heterocycles. The van der Waals surface area contributed by atoms with E-state index in [4.69, 9.17) is 0 Å². The van der Waals surface area contributed by atoms with Gasteiger partial charge in [0.25, 0.3) is 5.56 Å². The summed E-state index contributed by atoms with van der Waals surface area (Å²) < 4.78 is 40.3. The van der Waals surface area contributed by atoms with Crippen molar-refractivity contribution in [1.29, 1.82) is 5.26 Å². The summed E-state index contributed by atoms with van der Waals surface area (Å²) >= 11 is 0.486. The topological polar surface area (TPSA) is 126 Å². The Kier molecular flexibility index (Phi) is 4.97. The molecule has 5 rings (SSSR count). The molecule has 1 N–H and O–H groups in total. The Morgan fingerprint density at radius 2 is 1.97 bits per heavy atom. The number of nitriles is 1. The molecule has 1 aliphatic carbocycles. The van der Waals surface area contributed by atoms with Crippen molar-refractivity contribution in [2.75, 3.05) is 0 Å². The lowest BCUT2D eigenvalue weighted by molar-refractivity contribution is -0.137. The molecule has 13 heteroatoms. The van der Waals surface area contributed by atoms with Crippen LogP contribution in [0.1, 0.15) is 64.9 Å². The third kappa shape index (κ3) is 3.56. The van der Waals surface area contributed by atoms with Gasteiger partial charge in [-0.05, 0) is 25.8 Å². The van der Waals surface area contributed by atoms with Gasteiger partial charge in [0.1, 0.15) is 23.1 Å². The van der Waals surface area contributed by atoms with E-state index >= 15 is 0 Å². The van der Waals surface area contributed by atoms with Crippen LogP contribution in [0.3, 0.4) is 0 Å². The average Bonchev–Trinajstić information content (AvgIpc) is 3.39. The van der Waals surface area contributed by atoms with Gasteiger partial charge in [-0.3, -0.25) is 4.79 Å². The van der Waals surface area contributed by atoms with Crippen molar-refractivity contribution in [2.45, 2.75) is 43.8 Å². The highest BCUT2D eigenvalue weighted by atomic mass is 32.1. The van der Waals surface area contributed by atoms with Crippen LogP contribution in [0.5, 0.6) is 0 Å². The fourth-order valence-electron chi connectivity index (χ4n) is 3.96. The first-order valence-electron chi connectivity index (χ1n) is 10.00. The molecule has 0 radical (unpaired) electrons. The second-order valence-electron chi connectivity index (χ2n) is 7.69. The third-order valence-corrected chi connectivity index (χ3v) is 6.99. The molecule has 168 valence electrons. The molecule has 4 aromatic heterocycles. The normalized spacial score (nSPS) is 19.2. The lowest BCUT2D eigenvalue weighted by Crippen LogP contribution is -2.28. The highest BCUT2D eigenvalue weighted by Crippen LogP contribution is 2.46. The van der Waals surface area contributed by atoms with Crippen LogP contribution in [0.2, 0.25) is 0 Å². The van der Waals surface area contributed by atoms with Crippen molar-refractivity contribution >= 4 is 22.4 Å². The monoisotopic (exact) mass is 472 g/mol. The van der Waals surface area contributed by atoms with Crippen LogP contribution in [-0.2, 0) is 6.18 Å². The maximum absolute atomic E-state index is 13.0. The number of aromatic nitrogens is 7. The quantitative estimate of drug-likeness (QED) is 0.481. The fourth-order valence-corrected chi connectivity index (χ4v) is 4.78. The summed E-state index contributed by atoms with van der Waals surface area (Å²) in [4.78, 5) is 32.6. The van der Waals surface area contributed by atoms with Crippen molar-refractivity contribution in [3.63, 3.8) is 0 Å². The number of alkyl halides is 3. The van der Waals surface area contributed by atoms with Crippen molar-refractivity contribution in [3.05, 3.63) is 62.2 Å². The number of hydrogen-bond acceptors (Lipinski definition) is 8. The molecule has 0 bridgehead atoms. The van der Waals surface area contributed by atoms with E-state index < -0.39 is 22.8 Å². The Bertz CT molecular complexity index is 1440. The number of hydrogen-bond donors (Lipinski definition) is 1. The van der Waals surface area contributed by atoms with Crippen LogP contribution < -0.4 is 5.56 Å². The van der Waals surface area contributed by atoms with Crippen LogP contribution in [0.4, 0.5) is 13.2 Å². The van der Waals surface area contributed by atoms with Gasteiger partial charge in [-0.15, -0.1) is 11.3 Å². The van der Waals surface area contributed by atoms with Gasteiger partial charge >= 0.3 is 6.18 Å². The second-order valence-corrected chi connectivity index (χ2v) is 8.76. The summed E-state index contributed by atoms with van der Waals surface area (Å²) in [5, 5.41) is 12.7. The van der Waals surface area contributed by atoms with Crippen LogP contribution in [0.15, 0.2) is 29.5 Å². The Labute approximate surface area is 188 Å². The van der Waals surface area contributed by atoms with Gasteiger partial charge in [-0.1, -0.05) is 0 Å². The van der Waals surface area contributed by atoms with E-state index in [1.165, 1.54) is 4.68 Å². The maximum Gasteiger partial charge on any atom is 0.443 e. The molecule has 0 unspecified atom stereocenters. The van der Waals surface area contributed by atoms with Gasteiger partial charge < -0.3 is 4.98 Å². The number of halogens is 3. The molecule has 3 atom stereocenters. The summed E-state index contributed by atoms with van der Waals surface area (Å²) in [5.41, 5.74) is -0.529. The first kappa shape index (κ1) is 21.2. The zero-order valence-corrected chi connectivity index (χ0v) is 17.9. The van der Waals surface area contributed by atoms with Crippen LogP contribution >= 0.6 is 11.3 Å². The summed E-state index contributed by atoms with van der Waals surface area (Å²) in [6.07, 6.45) is 1.45. The zero-order valence-electron chi connectivity index (χ0n) is 17.0. The minimum Gasteiger partial charge on any atom is -0.310 e. The van der Waals surface area contributed by atoms with Crippen LogP contribution in [0, 0.1) is 11.3 Å². The van der Waals surface area contributed by atoms with Gasteiger partial charge in [0.05, 0.1) is 6.04 Å². The molecule has 0 amide bonds. The lowest BCUT2D eigenvalue weighted by Gasteiger charge is -2.34. The molecule has 0 aromatic carbocycles. The van der Waals surface area contributed by atoms with Crippen LogP contribution in [-0.4, -0.2) is 34.7 Å². The van der Waals surface area contributed by atoms with Crippen molar-refractivity contribution < 1.29 is 13.2 Å². The van der Waals surface area contributed by atoms with E-state index in [0.717, 1.165) is 19.0 Å². The SMILES string of the molecule is C[C@H](c1cnc(C(F)(F)F)s1)n1nc(C#N)c2c(=O)[nH]c([C@H]3CC[C@@H]3c3ncccn3)nc21. The maximum atomic E-state index is 13.0. The number of aromatic amines is 1. The predicted octanol–water partition coefficient (Wildman–Crippen LogP) is 3.53. The average molecular weight is 472 g/mol. The van der Waals surface area contributed by atoms with Crippen molar-refractivity contribution in [3.8, 4) is 6.07 Å². The predicted molar refractivity (Wildman–Crippen MR) is 111 cm³/mol. The Morgan fingerprint density at radius 3 is 2.58 bits per heavy atom. The van der Waals surface area contributed by atoms with Crippen molar-refractivity contribution in [1.82, 2.24) is 34.7 Å². The number of rotatable bonds is 4. The van der Waals surface area contributed by atoms with Gasteiger partial charge in [0.15, 0.2) is 16.3 Å². The van der Waals surface area contributed by atoms with E-state index in [1.54, 1.807) is 25.4 Å². The molecule has 4 aromatic rings. The second kappa shape index (κ2) is 7.73. The highest BCUT2D eigenvalue weighted by Gasteiger charge is 2.38. The van der Waals surface area contributed by atoms with Gasteiger partial charge in [0.2, 0.25) is 0 Å². The molecule has 1 saturated carbocycles. The molecule has 0 saturated heterocycles. The number of nitrogens with one attached hydrogen (secondary N) is 1. The molecule has 9 nitrogen and oxygen atoms in total. The molecule has 0 aliphatic heterocycles. The van der Waals surface area contributed by atoms with Crippen LogP contribution in [0.25, 0.3) is 11.0 Å². The minimum atomic E-state index is -4.56. The van der Waals surface area contributed by atoms with Gasteiger partial charge in [-0.2, -0.15) is 23.5 Å². The molecule has 33 heavy (non-hydrogen) atoms. The summed E-state index contributed by atoms with van der Waals surface area (Å²) in [6.45, 7) is 1.62. The highest BCUT2D eigenvalue weighted by molar-refractivity contribution is 7.11. The standard InChI is InChI=1S/C20H15F3N8OS/c1-9(13-8-27-19(33-13)20(21,22)23)31-17-14(12(7-24)30-31)18(32)29-16(28-17)11-4-3-10(11)15-25-5-2-6-26-15/h2,5-6,8-11H,3-4H2,1H3,(H,28,29,32)/t9-,10+,11+/m1/s1. The third-order valence-electron chi connectivity index (χ3n) is 5.77. The number of nitrogens with zero attached hydrogens (tertiary/aromatic N) is 7. The minimum absolute atomic E-state index is 0.000458. The Balaban J connectivity index is 1.59. The molecular weight excluding hydrogens is 457 g/mol. The smallest absolute Gasteiger partial charge is 0.310 e. The lowest BCUT2D eigenvalue weighted by atomic mass is 9.72. The zero-order chi connectivity index (χ0) is 23.3. The van der Waals surface area contributed by atoms with E-state index in [1.807, 2.05) is 6.07 Å². The van der Waals surface area contributed by atoms with E-state index in [9.17, 15) is 23.2 Å². The summed E-state index contributed by atoms with van der Waals surface area (Å²) in [6, 6.07) is 2.87. The number of H-pyrrole nitrogens is 1. The molecule has 1 aliphatic rings. The first-order valence-corrected chi connectivity index (χ1v) is 10.8. The van der Waals surface area contributed by atoms with Gasteiger partial charge in [0, 0.05) is 35.3 Å². The Morgan fingerprint density at radius 1 is 1.24 bits per heavy atom. The first-order chi connectivity index (χ1) is 15.8. The van der Waals surface area contributed by atoms with E-state index in [-0.39, 0.29) is 33.4 Å². The Hall–Kier alpha value is -3.66. The number of thiazole rings is 1. The molecule has 1 fully saturated rings. The van der Waals surface area contributed by atoms with E-state index in [2.05, 4.69) is 30.0 Å². The number of fused-ring (bicyclic) bond motifs is 1. The van der Waals surface area contributed by atoms with Gasteiger partial charge in [-0.25, -0.2) is 24.6 Å². The summed E-state index contributed by atoms with van der Waals surface area (Å²) in [7, 11) is 0. The van der Waals surface area contributed by atoms with E-state index in [0.29, 0.717) is 23.0 Å². The molecular formula is C20H15F3N8OS. The fraction of sp³-hybridized carbons (Fsp3) is 0.350. The summed E-state index contributed by atoms with van der Waals surface area (Å²) in [5.74, 6) is 0.913. The molecule has 0 spiro atoms. The largest absolute Gasteiger partial charge is 0.443 e.